The third-order valence-electron chi connectivity index (χ3n) is 6.46. The van der Waals surface area contributed by atoms with Crippen LogP contribution in [0.15, 0.2) is 41.6 Å². The van der Waals surface area contributed by atoms with Gasteiger partial charge in [-0.25, -0.2) is 13.4 Å². The Morgan fingerprint density at radius 2 is 1.84 bits per heavy atom. The fourth-order valence-corrected chi connectivity index (χ4v) is 6.35. The highest BCUT2D eigenvalue weighted by Crippen LogP contribution is 2.26. The summed E-state index contributed by atoms with van der Waals surface area (Å²) >= 11 is 0. The molecule has 0 aliphatic carbocycles. The van der Waals surface area contributed by atoms with Crippen molar-refractivity contribution in [2.75, 3.05) is 26.2 Å². The van der Waals surface area contributed by atoms with E-state index in [4.69, 9.17) is 0 Å². The van der Waals surface area contributed by atoms with E-state index in [0.717, 1.165) is 36.5 Å². The molecule has 3 rings (SSSR count). The average Bonchev–Trinajstić information content (AvgIpc) is 3.07. The van der Waals surface area contributed by atoms with Gasteiger partial charge in [-0.3, -0.25) is 4.79 Å². The van der Waals surface area contributed by atoms with Gasteiger partial charge in [-0.2, -0.15) is 4.31 Å². The molecule has 1 saturated heterocycles. The number of carbonyl (C=O) groups excluding carboxylic acids is 1. The summed E-state index contributed by atoms with van der Waals surface area (Å²) in [6.45, 7) is 6.21. The molecule has 32 heavy (non-hydrogen) atoms. The second-order valence-electron chi connectivity index (χ2n) is 8.82. The minimum absolute atomic E-state index is 0.0642. The summed E-state index contributed by atoms with van der Waals surface area (Å²) in [5.41, 5.74) is 0. The van der Waals surface area contributed by atoms with Crippen LogP contribution in [-0.4, -0.2) is 49.7 Å². The van der Waals surface area contributed by atoms with Gasteiger partial charge in [0.25, 0.3) is 0 Å². The van der Waals surface area contributed by atoms with E-state index in [0.29, 0.717) is 37.5 Å². The molecule has 7 heteroatoms. The minimum atomic E-state index is -3.63. The van der Waals surface area contributed by atoms with Gasteiger partial charge >= 0.3 is 0 Å². The van der Waals surface area contributed by atoms with E-state index < -0.39 is 10.0 Å². The van der Waals surface area contributed by atoms with Crippen LogP contribution in [0.2, 0.25) is 0 Å². The predicted molar refractivity (Wildman–Crippen MR) is 128 cm³/mol. The molecule has 1 aromatic heterocycles. The highest BCUT2D eigenvalue weighted by atomic mass is 32.2. The van der Waals surface area contributed by atoms with E-state index in [1.165, 1.54) is 19.3 Å². The molecular weight excluding hydrogens is 422 g/mol. The number of aromatic nitrogens is 1. The van der Waals surface area contributed by atoms with Gasteiger partial charge in [0.2, 0.25) is 15.9 Å². The second kappa shape index (κ2) is 11.8. The lowest BCUT2D eigenvalue weighted by Gasteiger charge is -2.26. The predicted octanol–water partition coefficient (Wildman–Crippen LogP) is 4.26. The Kier molecular flexibility index (Phi) is 9.05. The summed E-state index contributed by atoms with van der Waals surface area (Å²) in [4.78, 5) is 18.5. The molecule has 1 aromatic carbocycles. The van der Waals surface area contributed by atoms with Crippen LogP contribution in [0.5, 0.6) is 0 Å². The van der Waals surface area contributed by atoms with Gasteiger partial charge in [-0.15, -0.1) is 0 Å². The second-order valence-corrected chi connectivity index (χ2v) is 10.7. The van der Waals surface area contributed by atoms with Gasteiger partial charge in [0.1, 0.15) is 0 Å². The van der Waals surface area contributed by atoms with Crippen molar-refractivity contribution >= 4 is 26.7 Å². The van der Waals surface area contributed by atoms with Crippen molar-refractivity contribution in [2.24, 2.45) is 5.92 Å². The summed E-state index contributed by atoms with van der Waals surface area (Å²) in [6.07, 6.45) is 11.8. The number of aromatic amines is 1. The largest absolute Gasteiger partial charge is 0.341 e. The van der Waals surface area contributed by atoms with Gasteiger partial charge in [-0.1, -0.05) is 52.0 Å². The number of pyridine rings is 1. The molecule has 176 valence electrons. The Hall–Kier alpha value is -1.99. The zero-order chi connectivity index (χ0) is 23.0. The molecule has 0 bridgehead atoms. The lowest BCUT2D eigenvalue weighted by atomic mass is 9.94. The normalized spacial score (nSPS) is 16.8. The van der Waals surface area contributed by atoms with Gasteiger partial charge in [0, 0.05) is 48.9 Å². The van der Waals surface area contributed by atoms with Crippen LogP contribution >= 0.6 is 0 Å². The van der Waals surface area contributed by atoms with Crippen LogP contribution in [0.1, 0.15) is 65.2 Å². The van der Waals surface area contributed by atoms with Crippen molar-refractivity contribution < 1.29 is 18.2 Å². The first-order valence-corrected chi connectivity index (χ1v) is 13.6. The van der Waals surface area contributed by atoms with E-state index in [2.05, 4.69) is 18.8 Å². The molecule has 1 aliphatic rings. The van der Waals surface area contributed by atoms with Gasteiger partial charge < -0.3 is 4.90 Å². The third kappa shape index (κ3) is 5.87. The number of unbranched alkanes of at least 4 members (excludes halogenated alkanes) is 3. The van der Waals surface area contributed by atoms with Crippen molar-refractivity contribution in [1.29, 1.82) is 0 Å². The highest BCUT2D eigenvalue weighted by Gasteiger charge is 2.31. The van der Waals surface area contributed by atoms with Crippen LogP contribution in [-0.2, 0) is 14.8 Å². The SMILES string of the molecule is CCCCCC[C@@H](CCC)C(=O)N1CCCN(S(=O)(=O)c2cccc3c[nH+]ccc23)CC1. The lowest BCUT2D eigenvalue weighted by Crippen LogP contribution is -2.40. The molecule has 0 saturated carbocycles. The first kappa shape index (κ1) is 24.6. The number of sulfonamides is 1. The molecular formula is C25H38N3O3S+. The summed E-state index contributed by atoms with van der Waals surface area (Å²) < 4.78 is 28.5. The Morgan fingerprint density at radius 3 is 2.62 bits per heavy atom. The standard InChI is InChI=1S/C25H37N3O3S/c1-3-5-6-7-11-21(10-4-2)25(29)27-16-9-17-28(19-18-27)32(30,31)24-13-8-12-22-20-26-15-14-23(22)24/h8,12-15,20-21H,3-7,9-11,16-19H2,1-2H3/p+1/t21-/m1/s1. The van der Waals surface area contributed by atoms with Crippen molar-refractivity contribution in [1.82, 2.24) is 9.21 Å². The molecule has 0 spiro atoms. The number of amides is 1. The molecule has 1 amide bonds. The molecule has 1 aliphatic heterocycles. The Morgan fingerprint density at radius 1 is 1.00 bits per heavy atom. The van der Waals surface area contributed by atoms with Gasteiger partial charge in [0.05, 0.1) is 4.90 Å². The summed E-state index contributed by atoms with van der Waals surface area (Å²) in [5, 5.41) is 1.59. The molecule has 0 unspecified atom stereocenters. The number of benzene rings is 1. The fraction of sp³-hybridized carbons (Fsp3) is 0.600. The molecule has 1 fully saturated rings. The molecule has 2 aromatic rings. The zero-order valence-corrected chi connectivity index (χ0v) is 20.4. The van der Waals surface area contributed by atoms with Crippen molar-refractivity contribution in [3.05, 3.63) is 36.7 Å². The quantitative estimate of drug-likeness (QED) is 0.497. The van der Waals surface area contributed by atoms with Crippen LogP contribution < -0.4 is 4.98 Å². The smallest absolute Gasteiger partial charge is 0.243 e. The van der Waals surface area contributed by atoms with E-state index in [-0.39, 0.29) is 11.8 Å². The maximum absolute atomic E-state index is 13.5. The molecule has 0 radical (unpaired) electrons. The maximum atomic E-state index is 13.5. The molecule has 2 heterocycles. The molecule has 1 atom stereocenters. The van der Waals surface area contributed by atoms with Crippen molar-refractivity contribution in [3.63, 3.8) is 0 Å². The first-order valence-electron chi connectivity index (χ1n) is 12.2. The first-order chi connectivity index (χ1) is 15.5. The number of hydrogen-bond acceptors (Lipinski definition) is 3. The Labute approximate surface area is 193 Å². The van der Waals surface area contributed by atoms with Crippen molar-refractivity contribution in [3.8, 4) is 0 Å². The van der Waals surface area contributed by atoms with Gasteiger partial charge in [-0.05, 0) is 31.4 Å². The summed E-state index contributed by atoms with van der Waals surface area (Å²) in [7, 11) is -3.63. The van der Waals surface area contributed by atoms with Crippen LogP contribution in [0.4, 0.5) is 0 Å². The molecule has 6 nitrogen and oxygen atoms in total. The summed E-state index contributed by atoms with van der Waals surface area (Å²) in [5.74, 6) is 0.276. The summed E-state index contributed by atoms with van der Waals surface area (Å²) in [6, 6.07) is 7.18. The van der Waals surface area contributed by atoms with Crippen LogP contribution in [0.3, 0.4) is 0 Å². The van der Waals surface area contributed by atoms with Gasteiger partial charge in [0.15, 0.2) is 12.4 Å². The zero-order valence-electron chi connectivity index (χ0n) is 19.6. The van der Waals surface area contributed by atoms with E-state index in [1.54, 1.807) is 22.6 Å². The Balaban J connectivity index is 1.70. The van der Waals surface area contributed by atoms with Crippen molar-refractivity contribution in [2.45, 2.75) is 70.1 Å². The van der Waals surface area contributed by atoms with E-state index in [9.17, 15) is 13.2 Å². The number of H-pyrrole nitrogens is 1. The average molecular weight is 461 g/mol. The number of rotatable bonds is 10. The minimum Gasteiger partial charge on any atom is -0.341 e. The maximum Gasteiger partial charge on any atom is 0.243 e. The number of hydrogen-bond donors (Lipinski definition) is 0. The monoisotopic (exact) mass is 460 g/mol. The number of nitrogens with one attached hydrogen (secondary N) is 1. The number of nitrogens with zero attached hydrogens (tertiary/aromatic N) is 2. The Bertz CT molecular complexity index is 988. The van der Waals surface area contributed by atoms with Crippen LogP contribution in [0.25, 0.3) is 10.8 Å². The molecule has 1 N–H and O–H groups in total. The third-order valence-corrected chi connectivity index (χ3v) is 8.42. The number of fused-ring (bicyclic) bond motifs is 1. The highest BCUT2D eigenvalue weighted by molar-refractivity contribution is 7.89. The number of carbonyl (C=O) groups is 1. The lowest BCUT2D eigenvalue weighted by molar-refractivity contribution is -0.375. The van der Waals surface area contributed by atoms with E-state index >= 15 is 0 Å². The fourth-order valence-electron chi connectivity index (χ4n) is 4.67. The topological polar surface area (TPSA) is 71.8 Å². The van der Waals surface area contributed by atoms with E-state index in [1.807, 2.05) is 23.2 Å². The van der Waals surface area contributed by atoms with Crippen LogP contribution in [0, 0.1) is 5.92 Å².